The van der Waals surface area contributed by atoms with Crippen LogP contribution in [0.4, 0.5) is 0 Å². The van der Waals surface area contributed by atoms with Gasteiger partial charge >= 0.3 is 0 Å². The van der Waals surface area contributed by atoms with Gasteiger partial charge in [-0.1, -0.05) is 30.3 Å². The molecular formula is C18H24N2O3. The summed E-state index contributed by atoms with van der Waals surface area (Å²) in [5, 5.41) is 10.5. The Hall–Kier alpha value is -1.43. The number of likely N-dealkylation sites (tertiary alicyclic amines) is 2. The number of nitrogens with zero attached hydrogens (tertiary/aromatic N) is 2. The maximum absolute atomic E-state index is 12.6. The van der Waals surface area contributed by atoms with Crippen LogP contribution in [0.2, 0.25) is 0 Å². The van der Waals surface area contributed by atoms with E-state index in [9.17, 15) is 9.90 Å². The molecule has 1 aromatic rings. The van der Waals surface area contributed by atoms with Gasteiger partial charge in [0, 0.05) is 32.1 Å². The average molecular weight is 316 g/mol. The number of benzene rings is 1. The fourth-order valence-electron chi connectivity index (χ4n) is 4.25. The second-order valence-corrected chi connectivity index (χ2v) is 7.12. The molecule has 0 saturated carbocycles. The number of amides is 1. The molecule has 3 aliphatic heterocycles. The fourth-order valence-corrected chi connectivity index (χ4v) is 4.25. The van der Waals surface area contributed by atoms with Gasteiger partial charge in [0.05, 0.1) is 13.2 Å². The first kappa shape index (κ1) is 15.1. The quantitative estimate of drug-likeness (QED) is 0.899. The molecule has 0 aromatic heterocycles. The summed E-state index contributed by atoms with van der Waals surface area (Å²) in [5.74, 6) is 0.401. The zero-order chi connectivity index (χ0) is 15.9. The summed E-state index contributed by atoms with van der Waals surface area (Å²) in [6.07, 6.45) is 1.56. The first-order valence-corrected chi connectivity index (χ1v) is 8.53. The van der Waals surface area contributed by atoms with Crippen LogP contribution in [0, 0.1) is 5.92 Å². The Bertz CT molecular complexity index is 571. The molecule has 4 rings (SSSR count). The summed E-state index contributed by atoms with van der Waals surface area (Å²) in [6.45, 7) is 4.17. The van der Waals surface area contributed by atoms with E-state index in [1.54, 1.807) is 0 Å². The Morgan fingerprint density at radius 3 is 2.87 bits per heavy atom. The SMILES string of the molecule is O=C(N1C[C@@H]2CCN(Cc3ccccc3)[C@@H]2C1)C1(O)CCOC1. The number of ether oxygens (including phenoxy) is 1. The summed E-state index contributed by atoms with van der Waals surface area (Å²) < 4.78 is 5.23. The molecule has 5 heteroatoms. The molecule has 0 spiro atoms. The van der Waals surface area contributed by atoms with Gasteiger partial charge in [-0.2, -0.15) is 0 Å². The Balaban J connectivity index is 1.42. The average Bonchev–Trinajstić information content (AvgIpc) is 3.26. The van der Waals surface area contributed by atoms with Crippen LogP contribution in [-0.2, 0) is 16.1 Å². The Labute approximate surface area is 136 Å². The predicted molar refractivity (Wildman–Crippen MR) is 85.7 cm³/mol. The summed E-state index contributed by atoms with van der Waals surface area (Å²) >= 11 is 0. The third-order valence-electron chi connectivity index (χ3n) is 5.58. The lowest BCUT2D eigenvalue weighted by molar-refractivity contribution is -0.150. The largest absolute Gasteiger partial charge is 0.378 e. The molecule has 23 heavy (non-hydrogen) atoms. The topological polar surface area (TPSA) is 53.0 Å². The van der Waals surface area contributed by atoms with Gasteiger partial charge in [0.25, 0.3) is 5.91 Å². The number of carbonyl (C=O) groups is 1. The monoisotopic (exact) mass is 316 g/mol. The molecular weight excluding hydrogens is 292 g/mol. The second kappa shape index (κ2) is 5.89. The van der Waals surface area contributed by atoms with Crippen molar-refractivity contribution in [1.82, 2.24) is 9.80 Å². The highest BCUT2D eigenvalue weighted by Gasteiger charge is 2.49. The highest BCUT2D eigenvalue weighted by molar-refractivity contribution is 5.85. The highest BCUT2D eigenvalue weighted by atomic mass is 16.5. The molecule has 3 atom stereocenters. The summed E-state index contributed by atoms with van der Waals surface area (Å²) in [6, 6.07) is 10.9. The molecule has 3 fully saturated rings. The van der Waals surface area contributed by atoms with Crippen molar-refractivity contribution in [3.63, 3.8) is 0 Å². The maximum Gasteiger partial charge on any atom is 0.257 e. The van der Waals surface area contributed by atoms with E-state index in [-0.39, 0.29) is 12.5 Å². The Morgan fingerprint density at radius 2 is 2.13 bits per heavy atom. The highest BCUT2D eigenvalue weighted by Crippen LogP contribution is 2.34. The standard InChI is InChI=1S/C18H24N2O3/c21-17(18(22)7-9-23-13-18)20-11-15-6-8-19(16(15)12-20)10-14-4-2-1-3-5-14/h1-5,15-16,22H,6-13H2/t15-,16+,18?/m0/s1. The normalized spacial score (nSPS) is 34.0. The van der Waals surface area contributed by atoms with E-state index in [1.165, 1.54) is 5.56 Å². The van der Waals surface area contributed by atoms with E-state index >= 15 is 0 Å². The van der Waals surface area contributed by atoms with E-state index < -0.39 is 5.60 Å². The summed E-state index contributed by atoms with van der Waals surface area (Å²) in [7, 11) is 0. The van der Waals surface area contributed by atoms with Crippen LogP contribution in [0.1, 0.15) is 18.4 Å². The van der Waals surface area contributed by atoms with Gasteiger partial charge in [-0.3, -0.25) is 9.69 Å². The van der Waals surface area contributed by atoms with E-state index in [0.29, 0.717) is 25.0 Å². The van der Waals surface area contributed by atoms with E-state index in [4.69, 9.17) is 4.74 Å². The van der Waals surface area contributed by atoms with Crippen molar-refractivity contribution in [2.24, 2.45) is 5.92 Å². The van der Waals surface area contributed by atoms with Gasteiger partial charge in [0.15, 0.2) is 5.60 Å². The number of hydrogen-bond acceptors (Lipinski definition) is 4. The van der Waals surface area contributed by atoms with Gasteiger partial charge in [0.2, 0.25) is 0 Å². The van der Waals surface area contributed by atoms with E-state index in [0.717, 1.165) is 32.6 Å². The van der Waals surface area contributed by atoms with Gasteiger partial charge in [0.1, 0.15) is 0 Å². The van der Waals surface area contributed by atoms with Crippen LogP contribution in [-0.4, -0.2) is 65.3 Å². The van der Waals surface area contributed by atoms with Crippen molar-refractivity contribution in [2.75, 3.05) is 32.8 Å². The third kappa shape index (κ3) is 2.77. The molecule has 1 amide bonds. The fraction of sp³-hybridized carbons (Fsp3) is 0.611. The van der Waals surface area contributed by atoms with Crippen LogP contribution in [0.3, 0.4) is 0 Å². The van der Waals surface area contributed by atoms with Crippen LogP contribution in [0.5, 0.6) is 0 Å². The van der Waals surface area contributed by atoms with Crippen molar-refractivity contribution in [2.45, 2.75) is 31.0 Å². The lowest BCUT2D eigenvalue weighted by atomic mass is 10.0. The lowest BCUT2D eigenvalue weighted by Crippen LogP contribution is -2.49. The lowest BCUT2D eigenvalue weighted by Gasteiger charge is -2.28. The van der Waals surface area contributed by atoms with Crippen molar-refractivity contribution < 1.29 is 14.6 Å². The number of carbonyl (C=O) groups excluding carboxylic acids is 1. The van der Waals surface area contributed by atoms with Gasteiger partial charge in [-0.25, -0.2) is 0 Å². The van der Waals surface area contributed by atoms with Gasteiger partial charge < -0.3 is 14.7 Å². The molecule has 1 unspecified atom stereocenters. The van der Waals surface area contributed by atoms with E-state index in [1.807, 2.05) is 11.0 Å². The van der Waals surface area contributed by atoms with Crippen molar-refractivity contribution in [3.05, 3.63) is 35.9 Å². The van der Waals surface area contributed by atoms with Crippen molar-refractivity contribution in [1.29, 1.82) is 0 Å². The minimum atomic E-state index is -1.29. The van der Waals surface area contributed by atoms with Crippen LogP contribution < -0.4 is 0 Å². The molecule has 1 aromatic carbocycles. The van der Waals surface area contributed by atoms with Gasteiger partial charge in [-0.05, 0) is 24.4 Å². The summed E-state index contributed by atoms with van der Waals surface area (Å²) in [5.41, 5.74) is 0.0313. The second-order valence-electron chi connectivity index (χ2n) is 7.12. The Kier molecular flexibility index (Phi) is 3.87. The minimum Gasteiger partial charge on any atom is -0.378 e. The van der Waals surface area contributed by atoms with E-state index in [2.05, 4.69) is 29.2 Å². The molecule has 124 valence electrons. The Morgan fingerprint density at radius 1 is 1.30 bits per heavy atom. The number of fused-ring (bicyclic) bond motifs is 1. The minimum absolute atomic E-state index is 0.135. The molecule has 1 N–H and O–H groups in total. The summed E-state index contributed by atoms with van der Waals surface area (Å²) in [4.78, 5) is 17.0. The van der Waals surface area contributed by atoms with Crippen LogP contribution in [0.15, 0.2) is 30.3 Å². The molecule has 0 aliphatic carbocycles. The van der Waals surface area contributed by atoms with Crippen molar-refractivity contribution in [3.8, 4) is 0 Å². The molecule has 3 aliphatic rings. The predicted octanol–water partition coefficient (Wildman–Crippen LogP) is 0.871. The molecule has 3 saturated heterocycles. The molecule has 0 bridgehead atoms. The smallest absolute Gasteiger partial charge is 0.257 e. The third-order valence-corrected chi connectivity index (χ3v) is 5.58. The zero-order valence-corrected chi connectivity index (χ0v) is 13.4. The van der Waals surface area contributed by atoms with Gasteiger partial charge in [-0.15, -0.1) is 0 Å². The first-order valence-electron chi connectivity index (χ1n) is 8.53. The first-order chi connectivity index (χ1) is 11.2. The maximum atomic E-state index is 12.6. The van der Waals surface area contributed by atoms with Crippen LogP contribution >= 0.6 is 0 Å². The molecule has 0 radical (unpaired) electrons. The number of hydrogen-bond donors (Lipinski definition) is 1. The molecule has 3 heterocycles. The van der Waals surface area contributed by atoms with Crippen LogP contribution in [0.25, 0.3) is 0 Å². The molecule has 5 nitrogen and oxygen atoms in total. The number of rotatable bonds is 3. The van der Waals surface area contributed by atoms with Crippen molar-refractivity contribution >= 4 is 5.91 Å². The number of aliphatic hydroxyl groups is 1. The zero-order valence-electron chi connectivity index (χ0n) is 13.4.